The molecular weight excluding hydrogens is 214 g/mol. The van der Waals surface area contributed by atoms with Gasteiger partial charge in [-0.1, -0.05) is 0 Å². The largest absolute Gasteiger partial charge is 0.501 e. The summed E-state index contributed by atoms with van der Waals surface area (Å²) in [5.74, 6) is 0.895. The summed E-state index contributed by atoms with van der Waals surface area (Å²) in [6.07, 6.45) is 4.81. The van der Waals surface area contributed by atoms with Crippen molar-refractivity contribution in [2.24, 2.45) is 0 Å². The minimum absolute atomic E-state index is 0.0107. The van der Waals surface area contributed by atoms with E-state index in [1.54, 1.807) is 7.11 Å². The molecule has 17 heavy (non-hydrogen) atoms. The number of aliphatic hydroxyl groups is 1. The summed E-state index contributed by atoms with van der Waals surface area (Å²) in [7, 11) is 1.67. The molecule has 0 aromatic carbocycles. The third kappa shape index (κ3) is 3.93. The van der Waals surface area contributed by atoms with Crippen molar-refractivity contribution in [2.75, 3.05) is 13.7 Å². The molecule has 0 aromatic rings. The normalized spacial score (nSPS) is 18.7. The molecule has 0 aromatic heterocycles. The second kappa shape index (κ2) is 5.41. The number of hydrogen-bond donors (Lipinski definition) is 2. The van der Waals surface area contributed by atoms with Crippen LogP contribution < -0.4 is 5.32 Å². The topological polar surface area (TPSA) is 41.5 Å². The summed E-state index contributed by atoms with van der Waals surface area (Å²) in [4.78, 5) is 0. The fourth-order valence-electron chi connectivity index (χ4n) is 1.72. The van der Waals surface area contributed by atoms with E-state index in [2.05, 4.69) is 38.2 Å². The van der Waals surface area contributed by atoms with Crippen LogP contribution in [0.15, 0.2) is 34.8 Å². The fourth-order valence-corrected chi connectivity index (χ4v) is 1.72. The van der Waals surface area contributed by atoms with Crippen molar-refractivity contribution in [3.05, 3.63) is 34.8 Å². The summed E-state index contributed by atoms with van der Waals surface area (Å²) < 4.78 is 5.24. The molecule has 3 heteroatoms. The fraction of sp³-hybridized carbons (Fsp3) is 0.571. The second-order valence-electron chi connectivity index (χ2n) is 5.29. The molecule has 0 bridgehead atoms. The smallest absolute Gasteiger partial charge is 0.0997 e. The van der Waals surface area contributed by atoms with E-state index in [-0.39, 0.29) is 12.1 Å². The van der Waals surface area contributed by atoms with Crippen molar-refractivity contribution in [3.8, 4) is 0 Å². The van der Waals surface area contributed by atoms with Crippen LogP contribution in [0.5, 0.6) is 0 Å². The lowest BCUT2D eigenvalue weighted by molar-refractivity contribution is 0.291. The van der Waals surface area contributed by atoms with Gasteiger partial charge in [0.2, 0.25) is 0 Å². The van der Waals surface area contributed by atoms with Crippen molar-refractivity contribution < 1.29 is 9.84 Å². The van der Waals surface area contributed by atoms with Gasteiger partial charge in [0.25, 0.3) is 0 Å². The second-order valence-corrected chi connectivity index (χ2v) is 5.29. The molecule has 0 aliphatic heterocycles. The van der Waals surface area contributed by atoms with Crippen LogP contribution in [0.25, 0.3) is 0 Å². The lowest BCUT2D eigenvalue weighted by atomic mass is 10.1. The molecule has 0 fully saturated rings. The molecule has 0 heterocycles. The first kappa shape index (κ1) is 13.8. The van der Waals surface area contributed by atoms with Crippen molar-refractivity contribution in [2.45, 2.75) is 39.7 Å². The third-order valence-corrected chi connectivity index (χ3v) is 2.58. The Morgan fingerprint density at radius 3 is 2.47 bits per heavy atom. The maximum Gasteiger partial charge on any atom is 0.0997 e. The highest BCUT2D eigenvalue weighted by Crippen LogP contribution is 2.27. The van der Waals surface area contributed by atoms with Gasteiger partial charge in [0.1, 0.15) is 0 Å². The Balaban J connectivity index is 2.98. The molecule has 0 amide bonds. The monoisotopic (exact) mass is 237 g/mol. The Morgan fingerprint density at radius 2 is 2.00 bits per heavy atom. The van der Waals surface area contributed by atoms with Crippen LogP contribution in [0.3, 0.4) is 0 Å². The Morgan fingerprint density at radius 1 is 1.35 bits per heavy atom. The molecule has 0 saturated carbocycles. The van der Waals surface area contributed by atoms with E-state index in [1.807, 2.05) is 6.92 Å². The van der Waals surface area contributed by atoms with Crippen LogP contribution in [0, 0.1) is 0 Å². The van der Waals surface area contributed by atoms with Gasteiger partial charge in [0.15, 0.2) is 0 Å². The van der Waals surface area contributed by atoms with E-state index in [1.165, 1.54) is 0 Å². The average molecular weight is 237 g/mol. The molecule has 0 spiro atoms. The van der Waals surface area contributed by atoms with E-state index in [4.69, 9.17) is 9.84 Å². The average Bonchev–Trinajstić information content (AvgIpc) is 2.58. The zero-order valence-electron chi connectivity index (χ0n) is 11.4. The van der Waals surface area contributed by atoms with Gasteiger partial charge in [-0.3, -0.25) is 0 Å². The number of ether oxygens (including phenoxy) is 1. The molecule has 1 rings (SSSR count). The van der Waals surface area contributed by atoms with Gasteiger partial charge in [0.05, 0.1) is 12.9 Å². The quantitative estimate of drug-likeness (QED) is 0.738. The summed E-state index contributed by atoms with van der Waals surface area (Å²) in [5, 5.41) is 12.5. The number of nitrogens with one attached hydrogen (secondary N) is 1. The maximum absolute atomic E-state index is 9.08. The van der Waals surface area contributed by atoms with Gasteiger partial charge in [-0.2, -0.15) is 0 Å². The SMILES string of the molecule is COC(C)=C1C=C(CCO)C(NC(C)(C)C)=C1. The molecule has 2 N–H and O–H groups in total. The highest BCUT2D eigenvalue weighted by atomic mass is 16.5. The number of methoxy groups -OCH3 is 1. The number of rotatable bonds is 4. The van der Waals surface area contributed by atoms with E-state index in [0.29, 0.717) is 6.42 Å². The zero-order valence-corrected chi connectivity index (χ0v) is 11.4. The van der Waals surface area contributed by atoms with E-state index in [0.717, 1.165) is 22.6 Å². The molecule has 0 radical (unpaired) electrons. The predicted octanol–water partition coefficient (Wildman–Crippen LogP) is 2.50. The first-order valence-electron chi connectivity index (χ1n) is 5.94. The highest BCUT2D eigenvalue weighted by Gasteiger charge is 2.19. The maximum atomic E-state index is 9.08. The minimum atomic E-state index is 0.0107. The van der Waals surface area contributed by atoms with Crippen molar-refractivity contribution in [1.82, 2.24) is 5.32 Å². The molecule has 1 aliphatic carbocycles. The van der Waals surface area contributed by atoms with Gasteiger partial charge in [-0.05, 0) is 51.8 Å². The van der Waals surface area contributed by atoms with Crippen LogP contribution in [-0.2, 0) is 4.74 Å². The molecule has 0 unspecified atom stereocenters. The molecule has 0 saturated heterocycles. The molecule has 3 nitrogen and oxygen atoms in total. The predicted molar refractivity (Wildman–Crippen MR) is 70.5 cm³/mol. The standard InChI is InChI=1S/C14H23NO2/c1-10(17-5)12-8-11(6-7-16)13(9-12)15-14(2,3)4/h8-9,15-16H,6-7H2,1-5H3. The summed E-state index contributed by atoms with van der Waals surface area (Å²) in [6, 6.07) is 0. The zero-order chi connectivity index (χ0) is 13.1. The van der Waals surface area contributed by atoms with E-state index in [9.17, 15) is 0 Å². The van der Waals surface area contributed by atoms with Gasteiger partial charge < -0.3 is 15.2 Å². The number of hydrogen-bond acceptors (Lipinski definition) is 3. The number of aliphatic hydroxyl groups excluding tert-OH is 1. The van der Waals surface area contributed by atoms with Gasteiger partial charge in [0, 0.05) is 23.4 Å². The Labute approximate surface area is 104 Å². The van der Waals surface area contributed by atoms with Crippen LogP contribution in [0.4, 0.5) is 0 Å². The van der Waals surface area contributed by atoms with Gasteiger partial charge in [-0.15, -0.1) is 0 Å². The Hall–Kier alpha value is -1.22. The lowest BCUT2D eigenvalue weighted by Gasteiger charge is -2.24. The molecule has 1 aliphatic rings. The Kier molecular flexibility index (Phi) is 4.40. The molecule has 96 valence electrons. The van der Waals surface area contributed by atoms with Crippen molar-refractivity contribution in [1.29, 1.82) is 0 Å². The first-order chi connectivity index (χ1) is 7.87. The third-order valence-electron chi connectivity index (χ3n) is 2.58. The van der Waals surface area contributed by atoms with Gasteiger partial charge >= 0.3 is 0 Å². The number of allylic oxidation sites excluding steroid dienone is 5. The van der Waals surface area contributed by atoms with Crippen LogP contribution in [-0.4, -0.2) is 24.4 Å². The van der Waals surface area contributed by atoms with Crippen molar-refractivity contribution >= 4 is 0 Å². The van der Waals surface area contributed by atoms with E-state index < -0.39 is 0 Å². The van der Waals surface area contributed by atoms with Gasteiger partial charge in [-0.25, -0.2) is 0 Å². The van der Waals surface area contributed by atoms with Crippen LogP contribution >= 0.6 is 0 Å². The van der Waals surface area contributed by atoms with Crippen LogP contribution in [0.1, 0.15) is 34.1 Å². The lowest BCUT2D eigenvalue weighted by Crippen LogP contribution is -2.35. The molecule has 0 atom stereocenters. The Bertz CT molecular complexity index is 370. The summed E-state index contributed by atoms with van der Waals surface area (Å²) >= 11 is 0. The minimum Gasteiger partial charge on any atom is -0.501 e. The first-order valence-corrected chi connectivity index (χ1v) is 5.94. The van der Waals surface area contributed by atoms with Crippen LogP contribution in [0.2, 0.25) is 0 Å². The summed E-state index contributed by atoms with van der Waals surface area (Å²) in [5.41, 5.74) is 3.30. The van der Waals surface area contributed by atoms with E-state index >= 15 is 0 Å². The molecular formula is C14H23NO2. The van der Waals surface area contributed by atoms with Crippen molar-refractivity contribution in [3.63, 3.8) is 0 Å². The highest BCUT2D eigenvalue weighted by molar-refractivity contribution is 5.52. The summed E-state index contributed by atoms with van der Waals surface area (Å²) in [6.45, 7) is 8.47.